The van der Waals surface area contributed by atoms with Crippen LogP contribution in [0.1, 0.15) is 20.3 Å². The molecule has 9 nitrogen and oxygen atoms in total. The zero-order chi connectivity index (χ0) is 16.7. The Morgan fingerprint density at radius 3 is 2.70 bits per heavy atom. The molecule has 0 aromatic carbocycles. The summed E-state index contributed by atoms with van der Waals surface area (Å²) in [7, 11) is 0. The van der Waals surface area contributed by atoms with E-state index in [9.17, 15) is 15.0 Å². The summed E-state index contributed by atoms with van der Waals surface area (Å²) in [6, 6.07) is 0. The van der Waals surface area contributed by atoms with Gasteiger partial charge in [0.1, 0.15) is 18.0 Å². The van der Waals surface area contributed by atoms with Crippen LogP contribution in [0.5, 0.6) is 0 Å². The summed E-state index contributed by atoms with van der Waals surface area (Å²) < 4.78 is 7.14. The van der Waals surface area contributed by atoms with E-state index in [-0.39, 0.29) is 18.1 Å². The Labute approximate surface area is 133 Å². The smallest absolute Gasteiger partial charge is 0.280 e. The van der Waals surface area contributed by atoms with E-state index in [1.807, 2.05) is 23.6 Å². The molecule has 0 bridgehead atoms. The molecule has 2 aliphatic rings. The number of hydrogen-bond acceptors (Lipinski definition) is 8. The lowest BCUT2D eigenvalue weighted by molar-refractivity contribution is -0.0220. The first-order valence-electron chi connectivity index (χ1n) is 7.88. The van der Waals surface area contributed by atoms with Gasteiger partial charge in [-0.15, -0.1) is 0 Å². The van der Waals surface area contributed by atoms with Crippen LogP contribution in [-0.4, -0.2) is 58.0 Å². The maximum atomic E-state index is 12.7. The van der Waals surface area contributed by atoms with Crippen molar-refractivity contribution in [1.82, 2.24) is 9.55 Å². The van der Waals surface area contributed by atoms with Gasteiger partial charge >= 0.3 is 0 Å². The molecule has 0 radical (unpaired) electrons. The normalized spacial score (nSPS) is 26.9. The third-order valence-electron chi connectivity index (χ3n) is 4.50. The van der Waals surface area contributed by atoms with E-state index in [0.29, 0.717) is 37.7 Å². The highest BCUT2D eigenvalue weighted by atomic mass is 16.5. The van der Waals surface area contributed by atoms with Crippen molar-refractivity contribution in [2.75, 3.05) is 35.4 Å². The van der Waals surface area contributed by atoms with Gasteiger partial charge in [-0.1, -0.05) is 0 Å². The van der Waals surface area contributed by atoms with Crippen molar-refractivity contribution in [3.8, 4) is 0 Å². The number of aliphatic hydroxyl groups is 2. The molecule has 1 saturated heterocycles. The summed E-state index contributed by atoms with van der Waals surface area (Å²) in [6.07, 6.45) is -1.45. The van der Waals surface area contributed by atoms with Crippen LogP contribution in [0.25, 0.3) is 0 Å². The number of fused-ring (bicyclic) bond motifs is 1. The van der Waals surface area contributed by atoms with E-state index in [1.54, 1.807) is 0 Å². The van der Waals surface area contributed by atoms with Gasteiger partial charge in [-0.3, -0.25) is 9.36 Å². The van der Waals surface area contributed by atoms with Crippen LogP contribution in [0.3, 0.4) is 0 Å². The molecule has 0 unspecified atom stereocenters. The Kier molecular flexibility index (Phi) is 4.17. The van der Waals surface area contributed by atoms with Gasteiger partial charge in [0.15, 0.2) is 5.82 Å². The first kappa shape index (κ1) is 16.0. The second kappa shape index (κ2) is 5.99. The van der Waals surface area contributed by atoms with Crippen molar-refractivity contribution in [3.63, 3.8) is 0 Å². The number of aromatic nitrogens is 2. The lowest BCUT2D eigenvalue weighted by atomic mass is 10.2. The first-order valence-corrected chi connectivity index (χ1v) is 7.88. The molecule has 3 heterocycles. The number of nitrogen functional groups attached to an aromatic ring is 1. The van der Waals surface area contributed by atoms with Crippen LogP contribution in [0, 0.1) is 0 Å². The Morgan fingerprint density at radius 2 is 2.13 bits per heavy atom. The number of ether oxygens (including phenoxy) is 1. The topological polar surface area (TPSA) is 117 Å². The largest absolute Gasteiger partial charge is 0.394 e. The second-order valence-corrected chi connectivity index (χ2v) is 5.77. The van der Waals surface area contributed by atoms with Gasteiger partial charge < -0.3 is 30.5 Å². The summed E-state index contributed by atoms with van der Waals surface area (Å²) in [5.41, 5.74) is 6.25. The Bertz CT molecular complexity index is 649. The van der Waals surface area contributed by atoms with Crippen molar-refractivity contribution in [3.05, 3.63) is 10.4 Å². The molecule has 9 heteroatoms. The number of aliphatic hydroxyl groups excluding tert-OH is 2. The molecule has 0 amide bonds. The number of nitrogens with zero attached hydrogens (tertiary/aromatic N) is 4. The highest BCUT2D eigenvalue weighted by Crippen LogP contribution is 2.36. The van der Waals surface area contributed by atoms with Gasteiger partial charge in [-0.2, -0.15) is 4.98 Å². The highest BCUT2D eigenvalue weighted by Gasteiger charge is 2.42. The van der Waals surface area contributed by atoms with Crippen LogP contribution >= 0.6 is 0 Å². The third-order valence-corrected chi connectivity index (χ3v) is 4.50. The lowest BCUT2D eigenvalue weighted by Crippen LogP contribution is -2.39. The molecule has 0 saturated carbocycles. The van der Waals surface area contributed by atoms with E-state index in [1.165, 1.54) is 4.57 Å². The van der Waals surface area contributed by atoms with Gasteiger partial charge in [0, 0.05) is 19.5 Å². The van der Waals surface area contributed by atoms with E-state index in [2.05, 4.69) is 4.98 Å². The average Bonchev–Trinajstić information content (AvgIpc) is 3.07. The molecular formula is C14H23N5O4. The van der Waals surface area contributed by atoms with Gasteiger partial charge in [0.25, 0.3) is 5.56 Å². The van der Waals surface area contributed by atoms with Crippen LogP contribution in [0.15, 0.2) is 4.79 Å². The van der Waals surface area contributed by atoms with Gasteiger partial charge in [-0.25, -0.2) is 0 Å². The average molecular weight is 325 g/mol. The summed E-state index contributed by atoms with van der Waals surface area (Å²) in [5.74, 6) is 0.645. The van der Waals surface area contributed by atoms with E-state index in [4.69, 9.17) is 10.5 Å². The molecule has 128 valence electrons. The third kappa shape index (κ3) is 2.44. The molecule has 23 heavy (non-hydrogen) atoms. The zero-order valence-electron chi connectivity index (χ0n) is 13.3. The lowest BCUT2D eigenvalue weighted by Gasteiger charge is -2.25. The number of anilines is 3. The minimum atomic E-state index is -0.738. The van der Waals surface area contributed by atoms with Crippen LogP contribution in [-0.2, 0) is 11.3 Å². The minimum Gasteiger partial charge on any atom is -0.394 e. The zero-order valence-corrected chi connectivity index (χ0v) is 13.3. The van der Waals surface area contributed by atoms with E-state index >= 15 is 0 Å². The van der Waals surface area contributed by atoms with Crippen molar-refractivity contribution in [2.24, 2.45) is 0 Å². The fourth-order valence-electron chi connectivity index (χ4n) is 3.21. The fraction of sp³-hybridized carbons (Fsp3) is 0.714. The minimum absolute atomic E-state index is 0.163. The molecule has 1 fully saturated rings. The summed E-state index contributed by atoms with van der Waals surface area (Å²) >= 11 is 0. The Morgan fingerprint density at radius 1 is 1.39 bits per heavy atom. The van der Waals surface area contributed by atoms with Crippen LogP contribution in [0.4, 0.5) is 17.5 Å². The Balaban J connectivity index is 2.01. The molecule has 4 N–H and O–H groups in total. The van der Waals surface area contributed by atoms with Crippen molar-refractivity contribution in [1.29, 1.82) is 0 Å². The maximum Gasteiger partial charge on any atom is 0.280 e. The summed E-state index contributed by atoms with van der Waals surface area (Å²) in [6.45, 7) is 5.09. The fourth-order valence-corrected chi connectivity index (χ4v) is 3.21. The second-order valence-electron chi connectivity index (χ2n) is 5.77. The molecular weight excluding hydrogens is 302 g/mol. The predicted molar refractivity (Wildman–Crippen MR) is 85.3 cm³/mol. The quantitative estimate of drug-likeness (QED) is 0.640. The SMILES string of the molecule is CCN1CN([C@H]2C[C@H](O)[C@@H](CO)O2)c2nc(N)n(CC)c(=O)c21. The van der Waals surface area contributed by atoms with Gasteiger partial charge in [0.05, 0.1) is 19.4 Å². The highest BCUT2D eigenvalue weighted by molar-refractivity contribution is 5.73. The molecule has 0 aliphatic carbocycles. The van der Waals surface area contributed by atoms with Crippen molar-refractivity contribution < 1.29 is 14.9 Å². The number of hydrogen-bond donors (Lipinski definition) is 3. The molecule has 1 aromatic heterocycles. The number of nitrogens with two attached hydrogens (primary N) is 1. The summed E-state index contributed by atoms with van der Waals surface area (Å²) in [4.78, 5) is 20.8. The molecule has 0 spiro atoms. The molecule has 3 rings (SSSR count). The van der Waals surface area contributed by atoms with Crippen LogP contribution < -0.4 is 21.1 Å². The molecule has 1 aromatic rings. The van der Waals surface area contributed by atoms with Crippen molar-refractivity contribution >= 4 is 17.5 Å². The standard InChI is InChI=1S/C14H23N5O4/c1-3-17-7-19(10-5-8(21)9(6-20)23-10)12-11(17)13(22)18(4-2)14(15)16-12/h8-10,20-21H,3-7H2,1-2H3,(H2,15,16)/t8-,9+,10+/m0/s1. The number of rotatable bonds is 4. The van der Waals surface area contributed by atoms with E-state index in [0.717, 1.165) is 0 Å². The monoisotopic (exact) mass is 325 g/mol. The molecule has 2 aliphatic heterocycles. The van der Waals surface area contributed by atoms with Gasteiger partial charge in [0.2, 0.25) is 5.95 Å². The maximum absolute atomic E-state index is 12.7. The van der Waals surface area contributed by atoms with Gasteiger partial charge in [-0.05, 0) is 13.8 Å². The predicted octanol–water partition coefficient (Wildman–Crippen LogP) is -1.08. The van der Waals surface area contributed by atoms with E-state index < -0.39 is 18.4 Å². The first-order chi connectivity index (χ1) is 11.0. The molecule has 3 atom stereocenters. The van der Waals surface area contributed by atoms with Crippen LogP contribution in [0.2, 0.25) is 0 Å². The van der Waals surface area contributed by atoms with Crippen molar-refractivity contribution in [2.45, 2.75) is 45.2 Å². The Hall–Kier alpha value is -1.84. The summed E-state index contributed by atoms with van der Waals surface area (Å²) in [5, 5.41) is 19.2.